The number of hydrogen-bond donors (Lipinski definition) is 1. The molecule has 0 aromatic carbocycles. The molecule has 1 aliphatic carbocycles. The highest BCUT2D eigenvalue weighted by atomic mass is 32.2. The van der Waals surface area contributed by atoms with Crippen LogP contribution in [0.5, 0.6) is 0 Å². The summed E-state index contributed by atoms with van der Waals surface area (Å²) in [5, 5.41) is 3.46. The first-order valence-electron chi connectivity index (χ1n) is 7.14. The van der Waals surface area contributed by atoms with Crippen LogP contribution < -0.4 is 5.32 Å². The van der Waals surface area contributed by atoms with E-state index in [1.807, 2.05) is 4.90 Å². The Bertz CT molecular complexity index is 496. The van der Waals surface area contributed by atoms with E-state index in [0.717, 1.165) is 19.3 Å². The summed E-state index contributed by atoms with van der Waals surface area (Å²) in [4.78, 5) is 14.4. The van der Waals surface area contributed by atoms with Gasteiger partial charge in [-0.3, -0.25) is 10.1 Å². The van der Waals surface area contributed by atoms with Gasteiger partial charge in [0.25, 0.3) is 0 Å². The Labute approximate surface area is 114 Å². The average Bonchev–Trinajstić information content (AvgIpc) is 2.90. The molecule has 1 spiro atoms. The fourth-order valence-corrected chi connectivity index (χ4v) is 5.07. The monoisotopic (exact) mass is 286 g/mol. The summed E-state index contributed by atoms with van der Waals surface area (Å²) < 4.78 is 23.3. The maximum atomic E-state index is 12.5. The Morgan fingerprint density at radius 2 is 2.11 bits per heavy atom. The molecule has 2 heterocycles. The smallest absolute Gasteiger partial charge is 0.244 e. The fourth-order valence-electron chi connectivity index (χ4n) is 3.36. The van der Waals surface area contributed by atoms with E-state index in [4.69, 9.17) is 0 Å². The Morgan fingerprint density at radius 1 is 1.42 bits per heavy atom. The number of carbonyl (C=O) groups excluding carboxylic acids is 1. The van der Waals surface area contributed by atoms with E-state index in [9.17, 15) is 13.2 Å². The second-order valence-electron chi connectivity index (χ2n) is 6.64. The Balaban J connectivity index is 1.82. The molecule has 0 aromatic rings. The van der Waals surface area contributed by atoms with E-state index in [-0.39, 0.29) is 35.2 Å². The zero-order valence-corrected chi connectivity index (χ0v) is 12.4. The van der Waals surface area contributed by atoms with Crippen LogP contribution in [0.2, 0.25) is 0 Å². The number of carbonyl (C=O) groups is 1. The van der Waals surface area contributed by atoms with E-state index >= 15 is 0 Å². The van der Waals surface area contributed by atoms with Crippen molar-refractivity contribution in [1.82, 2.24) is 10.2 Å². The van der Waals surface area contributed by atoms with Gasteiger partial charge in [0, 0.05) is 6.04 Å². The maximum absolute atomic E-state index is 12.5. The van der Waals surface area contributed by atoms with Gasteiger partial charge in [-0.05, 0) is 31.6 Å². The predicted molar refractivity (Wildman–Crippen MR) is 72.2 cm³/mol. The first-order chi connectivity index (χ1) is 8.83. The van der Waals surface area contributed by atoms with Crippen LogP contribution in [-0.4, -0.2) is 48.5 Å². The van der Waals surface area contributed by atoms with Crippen molar-refractivity contribution in [3.05, 3.63) is 0 Å². The molecule has 2 saturated heterocycles. The molecule has 2 atom stereocenters. The first kappa shape index (κ1) is 13.4. The van der Waals surface area contributed by atoms with Crippen LogP contribution in [-0.2, 0) is 14.6 Å². The molecule has 1 N–H and O–H groups in total. The first-order valence-corrected chi connectivity index (χ1v) is 8.96. The van der Waals surface area contributed by atoms with Crippen LogP contribution in [0.3, 0.4) is 0 Å². The molecule has 5 nitrogen and oxygen atoms in total. The zero-order chi connectivity index (χ0) is 13.8. The molecule has 0 radical (unpaired) electrons. The van der Waals surface area contributed by atoms with E-state index in [2.05, 4.69) is 19.2 Å². The van der Waals surface area contributed by atoms with E-state index in [1.54, 1.807) is 0 Å². The molecule has 1 amide bonds. The van der Waals surface area contributed by atoms with Crippen molar-refractivity contribution in [1.29, 1.82) is 0 Å². The third-order valence-corrected chi connectivity index (χ3v) is 6.22. The van der Waals surface area contributed by atoms with Gasteiger partial charge in [-0.15, -0.1) is 0 Å². The molecule has 19 heavy (non-hydrogen) atoms. The van der Waals surface area contributed by atoms with Gasteiger partial charge in [-0.1, -0.05) is 13.8 Å². The molecule has 3 aliphatic rings. The highest BCUT2D eigenvalue weighted by Gasteiger charge is 2.60. The van der Waals surface area contributed by atoms with Gasteiger partial charge in [-0.2, -0.15) is 0 Å². The number of amides is 1. The summed E-state index contributed by atoms with van der Waals surface area (Å²) in [5.41, 5.74) is -0.341. The van der Waals surface area contributed by atoms with Crippen molar-refractivity contribution < 1.29 is 13.2 Å². The highest BCUT2D eigenvalue weighted by molar-refractivity contribution is 7.91. The summed E-state index contributed by atoms with van der Waals surface area (Å²) >= 11 is 0. The third kappa shape index (κ3) is 2.29. The van der Waals surface area contributed by atoms with Gasteiger partial charge in [0.15, 0.2) is 9.84 Å². The number of sulfone groups is 1. The summed E-state index contributed by atoms with van der Waals surface area (Å²) in [7, 11) is -2.95. The maximum Gasteiger partial charge on any atom is 0.244 e. The minimum Gasteiger partial charge on any atom is -0.321 e. The van der Waals surface area contributed by atoms with Gasteiger partial charge in [0.2, 0.25) is 5.91 Å². The van der Waals surface area contributed by atoms with Crippen molar-refractivity contribution in [2.75, 3.05) is 11.5 Å². The molecule has 2 aliphatic heterocycles. The third-order valence-electron chi connectivity index (χ3n) is 4.47. The van der Waals surface area contributed by atoms with Crippen molar-refractivity contribution >= 4 is 15.7 Å². The minimum atomic E-state index is -2.95. The Hall–Kier alpha value is -0.620. The minimum absolute atomic E-state index is 0.0216. The molecule has 3 rings (SSSR count). The summed E-state index contributed by atoms with van der Waals surface area (Å²) in [6.45, 7) is 4.27. The van der Waals surface area contributed by atoms with Gasteiger partial charge in [-0.25, -0.2) is 8.42 Å². The standard InChI is InChI=1S/C13H22N2O3S/c1-9(2)7-11-14-13(4-5-13)12(16)15(11)10-3-6-19(17,18)8-10/h9-11,14H,3-8H2,1-2H3. The van der Waals surface area contributed by atoms with E-state index in [1.165, 1.54) is 0 Å². The van der Waals surface area contributed by atoms with Crippen molar-refractivity contribution in [3.63, 3.8) is 0 Å². The molecule has 108 valence electrons. The van der Waals surface area contributed by atoms with Crippen LogP contribution in [0.1, 0.15) is 39.5 Å². The number of hydrogen-bond acceptors (Lipinski definition) is 4. The fraction of sp³-hybridized carbons (Fsp3) is 0.923. The van der Waals surface area contributed by atoms with Crippen molar-refractivity contribution in [2.24, 2.45) is 5.92 Å². The topological polar surface area (TPSA) is 66.5 Å². The largest absolute Gasteiger partial charge is 0.321 e. The lowest BCUT2D eigenvalue weighted by Gasteiger charge is -2.30. The van der Waals surface area contributed by atoms with Gasteiger partial charge >= 0.3 is 0 Å². The molecular weight excluding hydrogens is 264 g/mol. The Kier molecular flexibility index (Phi) is 2.94. The number of nitrogens with one attached hydrogen (secondary N) is 1. The summed E-state index contributed by atoms with van der Waals surface area (Å²) in [6, 6.07) is -0.117. The van der Waals surface area contributed by atoms with Crippen LogP contribution >= 0.6 is 0 Å². The molecule has 0 aromatic heterocycles. The van der Waals surface area contributed by atoms with Crippen molar-refractivity contribution in [2.45, 2.75) is 57.3 Å². The van der Waals surface area contributed by atoms with Gasteiger partial charge in [0.05, 0.1) is 23.2 Å². The highest BCUT2D eigenvalue weighted by Crippen LogP contribution is 2.44. The zero-order valence-electron chi connectivity index (χ0n) is 11.6. The van der Waals surface area contributed by atoms with Crippen LogP contribution in [0.15, 0.2) is 0 Å². The van der Waals surface area contributed by atoms with Gasteiger partial charge in [0.1, 0.15) is 0 Å². The number of nitrogens with zero attached hydrogens (tertiary/aromatic N) is 1. The van der Waals surface area contributed by atoms with E-state index in [0.29, 0.717) is 12.3 Å². The molecule has 2 unspecified atom stereocenters. The van der Waals surface area contributed by atoms with Crippen LogP contribution in [0.4, 0.5) is 0 Å². The second-order valence-corrected chi connectivity index (χ2v) is 8.87. The second kappa shape index (κ2) is 4.19. The number of rotatable bonds is 3. The SMILES string of the molecule is CC(C)CC1NC2(CC2)C(=O)N1C1CCS(=O)(=O)C1. The van der Waals surface area contributed by atoms with Crippen LogP contribution in [0, 0.1) is 5.92 Å². The Morgan fingerprint density at radius 3 is 2.58 bits per heavy atom. The normalized spacial score (nSPS) is 35.5. The quantitative estimate of drug-likeness (QED) is 0.821. The molecular formula is C13H22N2O3S. The lowest BCUT2D eigenvalue weighted by atomic mass is 10.1. The molecule has 0 bridgehead atoms. The lowest BCUT2D eigenvalue weighted by molar-refractivity contribution is -0.132. The molecule has 1 saturated carbocycles. The molecule has 6 heteroatoms. The predicted octanol–water partition coefficient (Wildman–Crippen LogP) is 0.510. The van der Waals surface area contributed by atoms with Crippen molar-refractivity contribution in [3.8, 4) is 0 Å². The van der Waals surface area contributed by atoms with E-state index < -0.39 is 9.84 Å². The van der Waals surface area contributed by atoms with Gasteiger partial charge < -0.3 is 4.90 Å². The summed E-state index contributed by atoms with van der Waals surface area (Å²) in [6.07, 6.45) is 3.31. The van der Waals surface area contributed by atoms with Crippen LogP contribution in [0.25, 0.3) is 0 Å². The molecule has 3 fully saturated rings. The lowest BCUT2D eigenvalue weighted by Crippen LogP contribution is -2.45. The summed E-state index contributed by atoms with van der Waals surface area (Å²) in [5.74, 6) is 0.994. The average molecular weight is 286 g/mol.